The van der Waals surface area contributed by atoms with Crippen molar-refractivity contribution in [2.24, 2.45) is 0 Å². The molecule has 20 heavy (non-hydrogen) atoms. The van der Waals surface area contributed by atoms with Crippen LogP contribution in [0.5, 0.6) is 0 Å². The smallest absolute Gasteiger partial charge is 0.262 e. The van der Waals surface area contributed by atoms with Crippen LogP contribution in [0, 0.1) is 0 Å². The molecule has 0 aliphatic carbocycles. The van der Waals surface area contributed by atoms with Gasteiger partial charge in [-0.15, -0.1) is 0 Å². The number of aromatic nitrogens is 1. The highest BCUT2D eigenvalue weighted by Crippen LogP contribution is 2.24. The molecule has 0 aliphatic rings. The summed E-state index contributed by atoms with van der Waals surface area (Å²) in [6.45, 7) is 0. The predicted molar refractivity (Wildman–Crippen MR) is 79.0 cm³/mol. The van der Waals surface area contributed by atoms with E-state index in [1.54, 1.807) is 42.7 Å². The molecule has 0 fully saturated rings. The molecule has 0 radical (unpaired) electrons. The van der Waals surface area contributed by atoms with E-state index in [4.69, 9.17) is 0 Å². The van der Waals surface area contributed by atoms with Gasteiger partial charge >= 0.3 is 0 Å². The number of rotatable bonds is 3. The number of benzene rings is 2. The normalized spacial score (nSPS) is 11.4. The number of hydrogen-bond donors (Lipinski definition) is 1. The quantitative estimate of drug-likeness (QED) is 0.804. The average molecular weight is 284 g/mol. The zero-order valence-corrected chi connectivity index (χ0v) is 11.3. The Bertz CT molecular complexity index is 841. The standard InChI is InChI=1S/C15H12N2O2S/c18-20(19,17-13-8-10-16-11-9-13)15-7-3-5-12-4-1-2-6-14(12)15/h1-11H,(H,16,17). The third kappa shape index (κ3) is 2.35. The maximum absolute atomic E-state index is 12.5. The molecule has 0 atom stereocenters. The van der Waals surface area contributed by atoms with Gasteiger partial charge in [-0.3, -0.25) is 9.71 Å². The van der Waals surface area contributed by atoms with E-state index in [9.17, 15) is 8.42 Å². The van der Waals surface area contributed by atoms with Crippen molar-refractivity contribution in [1.82, 2.24) is 4.98 Å². The molecule has 0 bridgehead atoms. The Hall–Kier alpha value is -2.40. The van der Waals surface area contributed by atoms with Crippen LogP contribution < -0.4 is 4.72 Å². The maximum Gasteiger partial charge on any atom is 0.262 e. The molecule has 0 amide bonds. The van der Waals surface area contributed by atoms with Crippen molar-refractivity contribution in [3.8, 4) is 0 Å². The van der Waals surface area contributed by atoms with E-state index in [-0.39, 0.29) is 4.90 Å². The summed E-state index contributed by atoms with van der Waals surface area (Å²) in [6, 6.07) is 15.9. The van der Waals surface area contributed by atoms with Gasteiger partial charge in [-0.05, 0) is 23.6 Å². The second-order valence-corrected chi connectivity index (χ2v) is 5.97. The monoisotopic (exact) mass is 284 g/mol. The summed E-state index contributed by atoms with van der Waals surface area (Å²) in [4.78, 5) is 4.13. The predicted octanol–water partition coefficient (Wildman–Crippen LogP) is 3.04. The van der Waals surface area contributed by atoms with E-state index in [1.165, 1.54) is 0 Å². The molecule has 1 heterocycles. The fourth-order valence-corrected chi connectivity index (χ4v) is 3.35. The van der Waals surface area contributed by atoms with Crippen LogP contribution in [0.25, 0.3) is 10.8 Å². The van der Waals surface area contributed by atoms with Crippen LogP contribution in [-0.2, 0) is 10.0 Å². The van der Waals surface area contributed by atoms with Crippen molar-refractivity contribution < 1.29 is 8.42 Å². The molecular weight excluding hydrogens is 272 g/mol. The molecule has 1 N–H and O–H groups in total. The summed E-state index contributed by atoms with van der Waals surface area (Å²) in [5, 5.41) is 1.60. The lowest BCUT2D eigenvalue weighted by Crippen LogP contribution is -2.13. The van der Waals surface area contributed by atoms with Crippen LogP contribution in [0.3, 0.4) is 0 Å². The van der Waals surface area contributed by atoms with Gasteiger partial charge in [-0.25, -0.2) is 8.42 Å². The molecule has 100 valence electrons. The summed E-state index contributed by atoms with van der Waals surface area (Å²) in [7, 11) is -3.62. The Labute approximate surface area is 117 Å². The zero-order valence-electron chi connectivity index (χ0n) is 10.5. The number of anilines is 1. The van der Waals surface area contributed by atoms with Crippen LogP contribution in [0.1, 0.15) is 0 Å². The van der Waals surface area contributed by atoms with Gasteiger partial charge in [0, 0.05) is 17.8 Å². The summed E-state index contributed by atoms with van der Waals surface area (Å²) in [6.07, 6.45) is 3.09. The zero-order chi connectivity index (χ0) is 14.0. The first-order valence-electron chi connectivity index (χ1n) is 6.07. The van der Waals surface area contributed by atoms with E-state index in [2.05, 4.69) is 9.71 Å². The van der Waals surface area contributed by atoms with Gasteiger partial charge in [-0.2, -0.15) is 0 Å². The first kappa shape index (κ1) is 12.6. The molecule has 0 spiro atoms. The molecule has 4 nitrogen and oxygen atoms in total. The van der Waals surface area contributed by atoms with Crippen molar-refractivity contribution in [1.29, 1.82) is 0 Å². The van der Waals surface area contributed by atoms with Crippen LogP contribution in [0.2, 0.25) is 0 Å². The number of fused-ring (bicyclic) bond motifs is 1. The van der Waals surface area contributed by atoms with E-state index in [1.807, 2.05) is 24.3 Å². The number of sulfonamides is 1. The maximum atomic E-state index is 12.5. The van der Waals surface area contributed by atoms with Crippen LogP contribution >= 0.6 is 0 Å². The minimum Gasteiger partial charge on any atom is -0.280 e. The van der Waals surface area contributed by atoms with Gasteiger partial charge in [0.05, 0.1) is 10.6 Å². The van der Waals surface area contributed by atoms with E-state index < -0.39 is 10.0 Å². The first-order valence-corrected chi connectivity index (χ1v) is 7.56. The Balaban J connectivity index is 2.10. The molecule has 1 aromatic heterocycles. The van der Waals surface area contributed by atoms with E-state index in [0.717, 1.165) is 5.39 Å². The molecule has 3 rings (SSSR count). The van der Waals surface area contributed by atoms with E-state index in [0.29, 0.717) is 11.1 Å². The van der Waals surface area contributed by atoms with Gasteiger partial charge in [-0.1, -0.05) is 36.4 Å². The second-order valence-electron chi connectivity index (χ2n) is 4.32. The number of nitrogens with zero attached hydrogens (tertiary/aromatic N) is 1. The van der Waals surface area contributed by atoms with Crippen molar-refractivity contribution in [2.75, 3.05) is 4.72 Å². The Kier molecular flexibility index (Phi) is 3.12. The minimum absolute atomic E-state index is 0.271. The van der Waals surface area contributed by atoms with Gasteiger partial charge in [0.2, 0.25) is 0 Å². The van der Waals surface area contributed by atoms with Crippen LogP contribution in [-0.4, -0.2) is 13.4 Å². The average Bonchev–Trinajstić information content (AvgIpc) is 2.47. The SMILES string of the molecule is O=S(=O)(Nc1ccncc1)c1cccc2ccccc12. The lowest BCUT2D eigenvalue weighted by molar-refractivity contribution is 0.602. The fraction of sp³-hybridized carbons (Fsp3) is 0. The lowest BCUT2D eigenvalue weighted by Gasteiger charge is -2.10. The Morgan fingerprint density at radius 2 is 1.55 bits per heavy atom. The number of pyridine rings is 1. The van der Waals surface area contributed by atoms with Crippen molar-refractivity contribution in [3.05, 3.63) is 67.0 Å². The third-order valence-corrected chi connectivity index (χ3v) is 4.41. The first-order chi connectivity index (χ1) is 9.67. The van der Waals surface area contributed by atoms with Crippen molar-refractivity contribution >= 4 is 26.5 Å². The second kappa shape index (κ2) is 4.94. The molecule has 0 saturated carbocycles. The summed E-state index contributed by atoms with van der Waals surface area (Å²) in [5.41, 5.74) is 0.493. The van der Waals surface area contributed by atoms with E-state index >= 15 is 0 Å². The van der Waals surface area contributed by atoms with Gasteiger partial charge in [0.25, 0.3) is 10.0 Å². The summed E-state index contributed by atoms with van der Waals surface area (Å²) in [5.74, 6) is 0. The lowest BCUT2D eigenvalue weighted by atomic mass is 10.1. The highest BCUT2D eigenvalue weighted by Gasteiger charge is 2.16. The molecule has 0 saturated heterocycles. The number of hydrogen-bond acceptors (Lipinski definition) is 3. The summed E-state index contributed by atoms with van der Waals surface area (Å²) < 4.78 is 27.5. The molecule has 5 heteroatoms. The van der Waals surface area contributed by atoms with Gasteiger partial charge in [0.15, 0.2) is 0 Å². The Morgan fingerprint density at radius 1 is 0.850 bits per heavy atom. The Morgan fingerprint density at radius 3 is 2.35 bits per heavy atom. The molecule has 0 aliphatic heterocycles. The van der Waals surface area contributed by atoms with Crippen LogP contribution in [0.4, 0.5) is 5.69 Å². The molecule has 3 aromatic rings. The number of nitrogens with one attached hydrogen (secondary N) is 1. The van der Waals surface area contributed by atoms with Gasteiger partial charge in [0.1, 0.15) is 0 Å². The van der Waals surface area contributed by atoms with Crippen molar-refractivity contribution in [2.45, 2.75) is 4.90 Å². The summed E-state index contributed by atoms with van der Waals surface area (Å²) >= 11 is 0. The third-order valence-electron chi connectivity index (χ3n) is 2.97. The van der Waals surface area contributed by atoms with Crippen molar-refractivity contribution in [3.63, 3.8) is 0 Å². The molecule has 2 aromatic carbocycles. The van der Waals surface area contributed by atoms with Gasteiger partial charge < -0.3 is 0 Å². The highest BCUT2D eigenvalue weighted by molar-refractivity contribution is 7.93. The van der Waals surface area contributed by atoms with Crippen LogP contribution in [0.15, 0.2) is 71.9 Å². The molecule has 0 unspecified atom stereocenters. The largest absolute Gasteiger partial charge is 0.280 e. The topological polar surface area (TPSA) is 59.1 Å². The molecular formula is C15H12N2O2S. The highest BCUT2D eigenvalue weighted by atomic mass is 32.2. The minimum atomic E-state index is -3.62. The fourth-order valence-electron chi connectivity index (χ4n) is 2.06.